The molecule has 0 bridgehead atoms. The molecule has 1 saturated heterocycles. The second-order valence-electron chi connectivity index (χ2n) is 16.1. The molecule has 2 aromatic heterocycles. The summed E-state index contributed by atoms with van der Waals surface area (Å²) in [5, 5.41) is 6.10. The Kier molecular flexibility index (Phi) is 16.4. The van der Waals surface area contributed by atoms with Gasteiger partial charge in [0.25, 0.3) is 0 Å². The second-order valence-corrected chi connectivity index (χ2v) is 16.1. The fourth-order valence-corrected chi connectivity index (χ4v) is 5.42. The molecule has 3 heterocycles. The number of amides is 2. The number of aromatic nitrogens is 3. The minimum atomic E-state index is -0.700. The van der Waals surface area contributed by atoms with Gasteiger partial charge in [-0.05, 0) is 97.7 Å². The number of alkyl carbamates (subject to hydrolysis) is 1. The van der Waals surface area contributed by atoms with Gasteiger partial charge in [0.1, 0.15) is 28.4 Å². The van der Waals surface area contributed by atoms with Gasteiger partial charge in [-0.25, -0.2) is 24.5 Å². The summed E-state index contributed by atoms with van der Waals surface area (Å²) in [4.78, 5) is 57.0. The van der Waals surface area contributed by atoms with Gasteiger partial charge in [0.2, 0.25) is 0 Å². The summed E-state index contributed by atoms with van der Waals surface area (Å²) in [7, 11) is 0. The van der Waals surface area contributed by atoms with Gasteiger partial charge in [-0.2, -0.15) is 0 Å². The Morgan fingerprint density at radius 1 is 0.764 bits per heavy atom. The Balaban J connectivity index is 0.00000399. The van der Waals surface area contributed by atoms with Gasteiger partial charge in [0, 0.05) is 75.7 Å². The smallest absolute Gasteiger partial charge is 0.410 e. The number of benzene rings is 1. The summed E-state index contributed by atoms with van der Waals surface area (Å²) >= 11 is 0. The maximum absolute atomic E-state index is 13.0. The van der Waals surface area contributed by atoms with Crippen molar-refractivity contribution in [1.82, 2.24) is 35.0 Å². The number of pyridine rings is 1. The van der Waals surface area contributed by atoms with E-state index in [1.807, 2.05) is 58.9 Å². The molecule has 0 unspecified atom stereocenters. The number of nitrogens with one attached hydrogen (secondary N) is 2. The molecule has 0 saturated carbocycles. The van der Waals surface area contributed by atoms with Crippen molar-refractivity contribution in [2.24, 2.45) is 0 Å². The maximum atomic E-state index is 13.0. The molecule has 14 heteroatoms. The van der Waals surface area contributed by atoms with Crippen LogP contribution in [0.3, 0.4) is 0 Å². The number of esters is 1. The lowest BCUT2D eigenvalue weighted by Crippen LogP contribution is -2.48. The third kappa shape index (κ3) is 17.0. The van der Waals surface area contributed by atoms with E-state index in [4.69, 9.17) is 14.2 Å². The molecule has 3 aromatic rings. The number of hydrogen-bond acceptors (Lipinski definition) is 12. The SMILES string of the molecule is CC.CC(C)(C)OC(=O)CN1CCN(Cc2cccc(Nc3cc(-c4cnc(CN(CCNC(=O)OC(C)(C)C)C(=O)OC(C)(C)C)nc4)ccn3)c2)CC1. The molecule has 0 atom stereocenters. The normalized spacial score (nSPS) is 13.9. The van der Waals surface area contributed by atoms with Crippen LogP contribution in [0.25, 0.3) is 11.1 Å². The van der Waals surface area contributed by atoms with Gasteiger partial charge in [0.05, 0.1) is 13.1 Å². The van der Waals surface area contributed by atoms with Gasteiger partial charge < -0.3 is 24.8 Å². The fourth-order valence-electron chi connectivity index (χ4n) is 5.42. The van der Waals surface area contributed by atoms with E-state index in [0.29, 0.717) is 18.2 Å². The van der Waals surface area contributed by atoms with E-state index in [0.717, 1.165) is 49.5 Å². The van der Waals surface area contributed by atoms with Crippen LogP contribution in [-0.4, -0.2) is 110 Å². The summed E-state index contributed by atoms with van der Waals surface area (Å²) in [6, 6.07) is 12.1. The maximum Gasteiger partial charge on any atom is 0.410 e. The first-order chi connectivity index (χ1) is 25.8. The summed E-state index contributed by atoms with van der Waals surface area (Å²) in [6.07, 6.45) is 4.05. The number of rotatable bonds is 12. The van der Waals surface area contributed by atoms with Crippen molar-refractivity contribution >= 4 is 29.7 Å². The summed E-state index contributed by atoms with van der Waals surface area (Å²) < 4.78 is 16.4. The predicted octanol–water partition coefficient (Wildman–Crippen LogP) is 7.03. The van der Waals surface area contributed by atoms with Crippen molar-refractivity contribution in [3.05, 3.63) is 66.4 Å². The van der Waals surface area contributed by atoms with Gasteiger partial charge in [-0.3, -0.25) is 19.5 Å². The third-order valence-corrected chi connectivity index (χ3v) is 7.68. The molecular formula is C41H62N8O6. The summed E-state index contributed by atoms with van der Waals surface area (Å²) in [5.41, 5.74) is 1.95. The lowest BCUT2D eigenvalue weighted by Gasteiger charge is -2.34. The van der Waals surface area contributed by atoms with Gasteiger partial charge >= 0.3 is 18.2 Å². The number of carbonyl (C=O) groups is 3. The Hall–Kier alpha value is -4.82. The summed E-state index contributed by atoms with van der Waals surface area (Å²) in [5.74, 6) is 0.912. The first-order valence-electron chi connectivity index (χ1n) is 19.0. The van der Waals surface area contributed by atoms with Crippen LogP contribution in [0.2, 0.25) is 0 Å². The Morgan fingerprint density at radius 2 is 1.38 bits per heavy atom. The Labute approximate surface area is 327 Å². The number of carbonyl (C=O) groups excluding carboxylic acids is 3. The molecule has 55 heavy (non-hydrogen) atoms. The van der Waals surface area contributed by atoms with E-state index in [-0.39, 0.29) is 25.6 Å². The Morgan fingerprint density at radius 3 is 2.00 bits per heavy atom. The fraction of sp³-hybridized carbons (Fsp3) is 0.561. The largest absolute Gasteiger partial charge is 0.459 e. The monoisotopic (exact) mass is 762 g/mol. The molecule has 1 aliphatic rings. The standard InChI is InChI=1S/C39H56N8O6.C2H6/c1-37(2,3)51-34(48)27-46-19-17-45(18-20-46)25-28-11-10-12-31(21-28)44-32-22-29(13-14-40-32)30-23-42-33(43-24-30)26-47(36(50)53-39(7,8)9)16-15-41-35(49)52-38(4,5)6;1-2/h10-14,21-24H,15-20,25-27H2,1-9H3,(H,40,44)(H,41,49);1-2H3. The van der Waals surface area contributed by atoms with Crippen LogP contribution in [0, 0.1) is 0 Å². The van der Waals surface area contributed by atoms with Gasteiger partial charge in [-0.15, -0.1) is 0 Å². The van der Waals surface area contributed by atoms with Crippen LogP contribution < -0.4 is 10.6 Å². The third-order valence-electron chi connectivity index (χ3n) is 7.68. The topological polar surface area (TPSA) is 151 Å². The molecule has 1 fully saturated rings. The van der Waals surface area contributed by atoms with E-state index in [1.54, 1.807) is 60.1 Å². The molecule has 2 N–H and O–H groups in total. The van der Waals surface area contributed by atoms with Crippen molar-refractivity contribution in [3.63, 3.8) is 0 Å². The quantitative estimate of drug-likeness (QED) is 0.144. The van der Waals surface area contributed by atoms with Crippen molar-refractivity contribution in [2.45, 2.75) is 106 Å². The zero-order valence-electron chi connectivity index (χ0n) is 34.7. The molecule has 4 rings (SSSR count). The highest BCUT2D eigenvalue weighted by atomic mass is 16.6. The minimum Gasteiger partial charge on any atom is -0.459 e. The van der Waals surface area contributed by atoms with Gasteiger partial charge in [-0.1, -0.05) is 26.0 Å². The number of nitrogens with zero attached hydrogens (tertiary/aromatic N) is 6. The first-order valence-corrected chi connectivity index (χ1v) is 19.0. The lowest BCUT2D eigenvalue weighted by molar-refractivity contribution is -0.156. The van der Waals surface area contributed by atoms with E-state index >= 15 is 0 Å². The molecule has 302 valence electrons. The molecule has 2 amide bonds. The highest BCUT2D eigenvalue weighted by Crippen LogP contribution is 2.24. The summed E-state index contributed by atoms with van der Waals surface area (Å²) in [6.45, 7) is 25.3. The van der Waals surface area contributed by atoms with E-state index in [9.17, 15) is 14.4 Å². The van der Waals surface area contributed by atoms with Crippen LogP contribution in [0.1, 0.15) is 87.5 Å². The Bertz CT molecular complexity index is 1670. The zero-order valence-corrected chi connectivity index (χ0v) is 34.7. The lowest BCUT2D eigenvalue weighted by atomic mass is 10.1. The molecule has 0 spiro atoms. The van der Waals surface area contributed by atoms with E-state index in [1.165, 1.54) is 10.5 Å². The molecule has 1 aliphatic heterocycles. The predicted molar refractivity (Wildman–Crippen MR) is 215 cm³/mol. The zero-order chi connectivity index (χ0) is 40.8. The first kappa shape index (κ1) is 44.6. The van der Waals surface area contributed by atoms with Crippen LogP contribution in [0.5, 0.6) is 0 Å². The van der Waals surface area contributed by atoms with Crippen LogP contribution >= 0.6 is 0 Å². The van der Waals surface area contributed by atoms with Crippen LogP contribution in [0.15, 0.2) is 55.0 Å². The van der Waals surface area contributed by atoms with Gasteiger partial charge in [0.15, 0.2) is 0 Å². The average Bonchev–Trinajstić information content (AvgIpc) is 3.08. The van der Waals surface area contributed by atoms with Crippen molar-refractivity contribution in [3.8, 4) is 11.1 Å². The number of piperazine rings is 1. The van der Waals surface area contributed by atoms with Crippen molar-refractivity contribution in [2.75, 3.05) is 51.1 Å². The van der Waals surface area contributed by atoms with Crippen molar-refractivity contribution in [1.29, 1.82) is 0 Å². The highest BCUT2D eigenvalue weighted by molar-refractivity contribution is 5.72. The van der Waals surface area contributed by atoms with Crippen LogP contribution in [-0.2, 0) is 32.1 Å². The average molecular weight is 763 g/mol. The molecule has 14 nitrogen and oxygen atoms in total. The minimum absolute atomic E-state index is 0.0897. The molecule has 0 radical (unpaired) electrons. The highest BCUT2D eigenvalue weighted by Gasteiger charge is 2.25. The van der Waals surface area contributed by atoms with Crippen molar-refractivity contribution < 1.29 is 28.6 Å². The number of hydrogen-bond donors (Lipinski definition) is 2. The van der Waals surface area contributed by atoms with E-state index < -0.39 is 29.0 Å². The number of ether oxygens (including phenoxy) is 3. The molecular weight excluding hydrogens is 701 g/mol. The number of anilines is 2. The van der Waals surface area contributed by atoms with Crippen LogP contribution in [0.4, 0.5) is 21.1 Å². The molecule has 1 aromatic carbocycles. The second kappa shape index (κ2) is 20.2. The molecule has 0 aliphatic carbocycles. The van der Waals surface area contributed by atoms with E-state index in [2.05, 4.69) is 47.5 Å².